The standard InChI is InChI=1S/C25H16O3S/c26-29(27)23-11-5-3-9-20(23)25(21-10-4-6-12-24(21)29)16-15-19-18-8-2-1-7-17(18)13-14-22(19)28-25/h1-16H. The summed E-state index contributed by atoms with van der Waals surface area (Å²) in [4.78, 5) is 0.597. The molecule has 0 N–H and O–H groups in total. The zero-order valence-electron chi connectivity index (χ0n) is 15.4. The minimum absolute atomic E-state index is 0.299. The predicted octanol–water partition coefficient (Wildman–Crippen LogP) is 5.34. The molecule has 0 aliphatic carbocycles. The summed E-state index contributed by atoms with van der Waals surface area (Å²) in [5.74, 6) is 0.745. The molecule has 0 saturated carbocycles. The lowest BCUT2D eigenvalue weighted by Crippen LogP contribution is -2.39. The zero-order valence-corrected chi connectivity index (χ0v) is 16.2. The first-order valence-electron chi connectivity index (χ1n) is 9.45. The highest BCUT2D eigenvalue weighted by atomic mass is 32.2. The summed E-state index contributed by atoms with van der Waals surface area (Å²) in [7, 11) is -3.60. The molecule has 2 aliphatic rings. The molecule has 140 valence electrons. The SMILES string of the molecule is O=S1(=O)c2ccccc2C2(C=Cc3c(ccc4ccccc34)O2)c2ccccc21. The van der Waals surface area contributed by atoms with Crippen molar-refractivity contribution >= 4 is 26.7 Å². The van der Waals surface area contributed by atoms with Crippen molar-refractivity contribution in [3.8, 4) is 5.75 Å². The van der Waals surface area contributed by atoms with Gasteiger partial charge in [0, 0.05) is 16.7 Å². The maximum atomic E-state index is 13.3. The number of hydrogen-bond donors (Lipinski definition) is 0. The van der Waals surface area contributed by atoms with Gasteiger partial charge in [-0.2, -0.15) is 0 Å². The minimum Gasteiger partial charge on any atom is -0.473 e. The third kappa shape index (κ3) is 2.09. The van der Waals surface area contributed by atoms with Crippen molar-refractivity contribution in [1.82, 2.24) is 0 Å². The van der Waals surface area contributed by atoms with Gasteiger partial charge in [0.15, 0.2) is 5.60 Å². The summed E-state index contributed by atoms with van der Waals surface area (Å²) < 4.78 is 33.2. The lowest BCUT2D eigenvalue weighted by molar-refractivity contribution is 0.153. The van der Waals surface area contributed by atoms with Crippen molar-refractivity contribution in [2.75, 3.05) is 0 Å². The minimum atomic E-state index is -3.60. The van der Waals surface area contributed by atoms with E-state index in [0.29, 0.717) is 20.9 Å². The van der Waals surface area contributed by atoms with Crippen LogP contribution in [0.2, 0.25) is 0 Å². The summed E-state index contributed by atoms with van der Waals surface area (Å²) >= 11 is 0. The van der Waals surface area contributed by atoms with Crippen molar-refractivity contribution in [2.24, 2.45) is 0 Å². The number of hydrogen-bond acceptors (Lipinski definition) is 3. The van der Waals surface area contributed by atoms with Crippen LogP contribution in [0.5, 0.6) is 5.75 Å². The van der Waals surface area contributed by atoms with Gasteiger partial charge in [-0.15, -0.1) is 0 Å². The molecular weight excluding hydrogens is 380 g/mol. The Morgan fingerprint density at radius 2 is 1.31 bits per heavy atom. The number of fused-ring (bicyclic) bond motifs is 7. The van der Waals surface area contributed by atoms with Crippen LogP contribution in [0.25, 0.3) is 16.8 Å². The second-order valence-corrected chi connectivity index (χ2v) is 9.25. The molecule has 4 heteroatoms. The quantitative estimate of drug-likeness (QED) is 0.403. The molecule has 0 atom stereocenters. The maximum absolute atomic E-state index is 13.3. The Morgan fingerprint density at radius 3 is 2.03 bits per heavy atom. The Kier molecular flexibility index (Phi) is 3.19. The Morgan fingerprint density at radius 1 is 0.690 bits per heavy atom. The molecular formula is C25H16O3S. The van der Waals surface area contributed by atoms with Gasteiger partial charge in [-0.1, -0.05) is 66.7 Å². The first-order valence-corrected chi connectivity index (χ1v) is 10.9. The molecule has 29 heavy (non-hydrogen) atoms. The highest BCUT2D eigenvalue weighted by molar-refractivity contribution is 7.91. The van der Waals surface area contributed by atoms with Gasteiger partial charge in [0.05, 0.1) is 9.79 Å². The largest absolute Gasteiger partial charge is 0.473 e. The van der Waals surface area contributed by atoms with Crippen molar-refractivity contribution in [3.05, 3.63) is 108 Å². The highest BCUT2D eigenvalue weighted by Gasteiger charge is 2.48. The number of ether oxygens (including phenoxy) is 1. The molecule has 3 nitrogen and oxygen atoms in total. The van der Waals surface area contributed by atoms with Crippen LogP contribution in [0.3, 0.4) is 0 Å². The van der Waals surface area contributed by atoms with Crippen molar-refractivity contribution in [1.29, 1.82) is 0 Å². The molecule has 0 radical (unpaired) electrons. The normalized spacial score (nSPS) is 17.2. The molecule has 0 saturated heterocycles. The van der Waals surface area contributed by atoms with Gasteiger partial charge in [0.1, 0.15) is 5.75 Å². The lowest BCUT2D eigenvalue weighted by atomic mass is 9.82. The van der Waals surface area contributed by atoms with E-state index in [-0.39, 0.29) is 0 Å². The fourth-order valence-electron chi connectivity index (χ4n) is 4.51. The van der Waals surface area contributed by atoms with E-state index < -0.39 is 15.4 Å². The van der Waals surface area contributed by atoms with Gasteiger partial charge in [-0.3, -0.25) is 0 Å². The van der Waals surface area contributed by atoms with Crippen LogP contribution in [-0.4, -0.2) is 8.42 Å². The molecule has 0 bridgehead atoms. The van der Waals surface area contributed by atoms with Crippen LogP contribution in [0.4, 0.5) is 0 Å². The van der Waals surface area contributed by atoms with Gasteiger partial charge < -0.3 is 4.74 Å². The van der Waals surface area contributed by atoms with E-state index in [1.807, 2.05) is 54.6 Å². The van der Waals surface area contributed by atoms with Gasteiger partial charge >= 0.3 is 0 Å². The smallest absolute Gasteiger partial charge is 0.207 e. The molecule has 0 amide bonds. The second kappa shape index (κ2) is 5.58. The second-order valence-electron chi connectivity index (χ2n) is 7.37. The average Bonchev–Trinajstić information content (AvgIpc) is 2.78. The summed E-state index contributed by atoms with van der Waals surface area (Å²) in [5.41, 5.74) is 1.33. The van der Waals surface area contributed by atoms with Gasteiger partial charge in [-0.25, -0.2) is 8.42 Å². The molecule has 6 rings (SSSR count). The first-order chi connectivity index (χ1) is 14.1. The lowest BCUT2D eigenvalue weighted by Gasteiger charge is -2.40. The maximum Gasteiger partial charge on any atom is 0.207 e. The Bertz CT molecular complexity index is 1390. The first kappa shape index (κ1) is 16.6. The van der Waals surface area contributed by atoms with E-state index in [1.165, 1.54) is 0 Å². The van der Waals surface area contributed by atoms with Crippen molar-refractivity contribution in [3.63, 3.8) is 0 Å². The average molecular weight is 396 g/mol. The van der Waals surface area contributed by atoms with Crippen LogP contribution in [0.15, 0.2) is 101 Å². The van der Waals surface area contributed by atoms with Crippen LogP contribution in [-0.2, 0) is 15.4 Å². The molecule has 0 fully saturated rings. The molecule has 1 spiro atoms. The van der Waals surface area contributed by atoms with Gasteiger partial charge in [0.25, 0.3) is 0 Å². The van der Waals surface area contributed by atoms with E-state index in [1.54, 1.807) is 24.3 Å². The van der Waals surface area contributed by atoms with E-state index >= 15 is 0 Å². The van der Waals surface area contributed by atoms with Crippen molar-refractivity contribution < 1.29 is 13.2 Å². The van der Waals surface area contributed by atoms with Crippen molar-refractivity contribution in [2.45, 2.75) is 15.4 Å². The zero-order chi connectivity index (χ0) is 19.6. The summed E-state index contributed by atoms with van der Waals surface area (Å²) in [6, 6.07) is 26.4. The number of benzene rings is 4. The Balaban J connectivity index is 1.69. The number of sulfone groups is 1. The van der Waals surface area contributed by atoms with E-state index in [4.69, 9.17) is 4.74 Å². The monoisotopic (exact) mass is 396 g/mol. The Hall–Kier alpha value is -3.37. The molecule has 0 aromatic heterocycles. The predicted molar refractivity (Wildman–Crippen MR) is 113 cm³/mol. The third-order valence-electron chi connectivity index (χ3n) is 5.84. The van der Waals surface area contributed by atoms with Gasteiger partial charge in [-0.05, 0) is 41.1 Å². The Labute approximate surface area is 168 Å². The summed E-state index contributed by atoms with van der Waals surface area (Å²) in [6.07, 6.45) is 4.06. The molecule has 2 aliphatic heterocycles. The number of rotatable bonds is 0. The summed E-state index contributed by atoms with van der Waals surface area (Å²) in [5, 5.41) is 2.25. The molecule has 0 unspecified atom stereocenters. The summed E-state index contributed by atoms with van der Waals surface area (Å²) in [6.45, 7) is 0. The molecule has 4 aromatic carbocycles. The van der Waals surface area contributed by atoms with Gasteiger partial charge in [0.2, 0.25) is 9.84 Å². The fourth-order valence-corrected chi connectivity index (χ4v) is 6.28. The van der Waals surface area contributed by atoms with E-state index in [9.17, 15) is 8.42 Å². The van der Waals surface area contributed by atoms with Crippen LogP contribution in [0.1, 0.15) is 16.7 Å². The third-order valence-corrected chi connectivity index (χ3v) is 7.71. The topological polar surface area (TPSA) is 43.4 Å². The van der Waals surface area contributed by atoms with Crippen LogP contribution in [0, 0.1) is 0 Å². The van der Waals surface area contributed by atoms with E-state index in [0.717, 1.165) is 22.1 Å². The fraction of sp³-hybridized carbons (Fsp3) is 0.0400. The van der Waals surface area contributed by atoms with E-state index in [2.05, 4.69) is 18.2 Å². The molecule has 2 heterocycles. The van der Waals surface area contributed by atoms with Crippen LogP contribution < -0.4 is 4.74 Å². The van der Waals surface area contributed by atoms with Crippen LogP contribution >= 0.6 is 0 Å². The highest BCUT2D eigenvalue weighted by Crippen LogP contribution is 2.50. The molecule has 4 aromatic rings.